The van der Waals surface area contributed by atoms with Crippen LogP contribution in [0.1, 0.15) is 5.56 Å². The van der Waals surface area contributed by atoms with Gasteiger partial charge in [0.25, 0.3) is 10.1 Å². The van der Waals surface area contributed by atoms with E-state index >= 15 is 0 Å². The first-order chi connectivity index (χ1) is 5.84. The first kappa shape index (κ1) is 9.82. The number of aromatic hydroxyl groups is 2. The van der Waals surface area contributed by atoms with Crippen LogP contribution in [0.3, 0.4) is 0 Å². The molecule has 0 aliphatic heterocycles. The first-order valence-corrected chi connectivity index (χ1v) is 4.77. The van der Waals surface area contributed by atoms with Crippen LogP contribution in [0.2, 0.25) is 0 Å². The second-order valence-corrected chi connectivity index (χ2v) is 3.91. The van der Waals surface area contributed by atoms with Crippen LogP contribution < -0.4 is 0 Å². The van der Waals surface area contributed by atoms with Crippen LogP contribution in [0.4, 0.5) is 0 Å². The molecule has 13 heavy (non-hydrogen) atoms. The molecule has 3 N–H and O–H groups in total. The Labute approximate surface area is 75.0 Å². The van der Waals surface area contributed by atoms with Gasteiger partial charge in [0, 0.05) is 0 Å². The van der Waals surface area contributed by atoms with Gasteiger partial charge in [-0.05, 0) is 18.6 Å². The zero-order valence-corrected chi connectivity index (χ0v) is 7.54. The first-order valence-electron chi connectivity index (χ1n) is 3.33. The minimum absolute atomic E-state index is 0.165. The number of phenols is 2. The number of hydrogen-bond acceptors (Lipinski definition) is 4. The van der Waals surface area contributed by atoms with Crippen molar-refractivity contribution in [3.63, 3.8) is 0 Å². The molecular weight excluding hydrogens is 196 g/mol. The fourth-order valence-corrected chi connectivity index (χ4v) is 1.81. The molecular formula is C7H8O5S. The predicted octanol–water partition coefficient (Wildman–Crippen LogP) is 0.653. The minimum Gasteiger partial charge on any atom is -0.504 e. The number of benzene rings is 1. The molecule has 0 heterocycles. The molecule has 6 heteroatoms. The third-order valence-corrected chi connectivity index (χ3v) is 2.60. The van der Waals surface area contributed by atoms with Gasteiger partial charge < -0.3 is 10.2 Å². The molecule has 0 saturated heterocycles. The highest BCUT2D eigenvalue weighted by Gasteiger charge is 2.20. The molecule has 0 aliphatic rings. The molecule has 0 atom stereocenters. The van der Waals surface area contributed by atoms with Crippen molar-refractivity contribution in [1.82, 2.24) is 0 Å². The Morgan fingerprint density at radius 3 is 2.15 bits per heavy atom. The van der Waals surface area contributed by atoms with Crippen LogP contribution in [0.15, 0.2) is 17.0 Å². The highest BCUT2D eigenvalue weighted by atomic mass is 32.2. The fraction of sp³-hybridized carbons (Fsp3) is 0.143. The fourth-order valence-electron chi connectivity index (χ4n) is 0.987. The van der Waals surface area contributed by atoms with Crippen molar-refractivity contribution < 1.29 is 23.2 Å². The van der Waals surface area contributed by atoms with Crippen LogP contribution in [-0.4, -0.2) is 23.2 Å². The van der Waals surface area contributed by atoms with Gasteiger partial charge in [0.2, 0.25) is 0 Å². The summed E-state index contributed by atoms with van der Waals surface area (Å²) in [6.45, 7) is 1.39. The van der Waals surface area contributed by atoms with E-state index in [0.29, 0.717) is 0 Å². The maximum absolute atomic E-state index is 10.7. The number of rotatable bonds is 1. The smallest absolute Gasteiger partial charge is 0.298 e. The second kappa shape index (κ2) is 2.90. The third kappa shape index (κ3) is 1.73. The van der Waals surface area contributed by atoms with Gasteiger partial charge in [0.15, 0.2) is 11.5 Å². The Bertz CT molecular complexity index is 434. The number of phenolic OH excluding ortho intramolecular Hbond substituents is 2. The van der Waals surface area contributed by atoms with Crippen LogP contribution in [0.25, 0.3) is 0 Å². The zero-order valence-electron chi connectivity index (χ0n) is 6.72. The van der Waals surface area contributed by atoms with Crippen molar-refractivity contribution in [2.24, 2.45) is 0 Å². The summed E-state index contributed by atoms with van der Waals surface area (Å²) in [6, 6.07) is 2.41. The summed E-state index contributed by atoms with van der Waals surface area (Å²) in [7, 11) is -4.50. The van der Waals surface area contributed by atoms with E-state index in [2.05, 4.69) is 0 Å². The summed E-state index contributed by atoms with van der Waals surface area (Å²) in [5.74, 6) is -1.42. The van der Waals surface area contributed by atoms with E-state index in [0.717, 1.165) is 6.07 Å². The average molecular weight is 204 g/mol. The van der Waals surface area contributed by atoms with Gasteiger partial charge in [-0.25, -0.2) is 0 Å². The molecule has 5 nitrogen and oxygen atoms in total. The lowest BCUT2D eigenvalue weighted by Gasteiger charge is -2.05. The predicted molar refractivity (Wildman–Crippen MR) is 44.3 cm³/mol. The van der Waals surface area contributed by atoms with E-state index in [4.69, 9.17) is 14.8 Å². The van der Waals surface area contributed by atoms with E-state index < -0.39 is 26.5 Å². The molecule has 0 spiro atoms. The summed E-state index contributed by atoms with van der Waals surface area (Å²) in [5.41, 5.74) is 0.165. The monoisotopic (exact) mass is 204 g/mol. The Hall–Kier alpha value is -1.27. The number of aryl methyl sites for hydroxylation is 1. The molecule has 0 radical (unpaired) electrons. The van der Waals surface area contributed by atoms with Gasteiger partial charge in [-0.1, -0.05) is 6.07 Å². The van der Waals surface area contributed by atoms with Crippen molar-refractivity contribution >= 4 is 10.1 Å². The maximum Gasteiger partial charge on any atom is 0.298 e. The third-order valence-electron chi connectivity index (χ3n) is 1.57. The number of hydrogen-bond donors (Lipinski definition) is 3. The van der Waals surface area contributed by atoms with Gasteiger partial charge >= 0.3 is 0 Å². The van der Waals surface area contributed by atoms with Crippen LogP contribution in [-0.2, 0) is 10.1 Å². The lowest BCUT2D eigenvalue weighted by Crippen LogP contribution is -2.01. The van der Waals surface area contributed by atoms with Gasteiger partial charge in [0.1, 0.15) is 4.90 Å². The van der Waals surface area contributed by atoms with Crippen molar-refractivity contribution in [3.8, 4) is 11.5 Å². The van der Waals surface area contributed by atoms with Crippen LogP contribution in [0.5, 0.6) is 11.5 Å². The van der Waals surface area contributed by atoms with Gasteiger partial charge in [0.05, 0.1) is 0 Å². The average Bonchev–Trinajstić information content (AvgIpc) is 1.95. The largest absolute Gasteiger partial charge is 0.504 e. The van der Waals surface area contributed by atoms with E-state index in [1.807, 2.05) is 0 Å². The Kier molecular flexibility index (Phi) is 2.19. The molecule has 0 fully saturated rings. The van der Waals surface area contributed by atoms with Crippen molar-refractivity contribution in [3.05, 3.63) is 17.7 Å². The molecule has 1 aromatic rings. The van der Waals surface area contributed by atoms with Crippen molar-refractivity contribution in [2.75, 3.05) is 0 Å². The quantitative estimate of drug-likeness (QED) is 0.461. The Balaban J connectivity index is 3.62. The minimum atomic E-state index is -4.50. The summed E-state index contributed by atoms with van der Waals surface area (Å²) >= 11 is 0. The zero-order chi connectivity index (χ0) is 10.2. The highest BCUT2D eigenvalue weighted by Crippen LogP contribution is 2.34. The normalized spacial score (nSPS) is 11.5. The molecule has 72 valence electrons. The molecule has 0 unspecified atom stereocenters. The van der Waals surface area contributed by atoms with E-state index in [1.165, 1.54) is 13.0 Å². The molecule has 0 aromatic heterocycles. The molecule has 1 aromatic carbocycles. The van der Waals surface area contributed by atoms with Crippen molar-refractivity contribution in [1.29, 1.82) is 0 Å². The summed E-state index contributed by atoms with van der Waals surface area (Å²) in [4.78, 5) is -0.660. The van der Waals surface area contributed by atoms with Crippen LogP contribution >= 0.6 is 0 Å². The molecule has 0 bridgehead atoms. The topological polar surface area (TPSA) is 94.8 Å². The summed E-state index contributed by atoms with van der Waals surface area (Å²) < 4.78 is 30.1. The van der Waals surface area contributed by atoms with Crippen LogP contribution in [0, 0.1) is 6.92 Å². The van der Waals surface area contributed by atoms with Gasteiger partial charge in [-0.3, -0.25) is 4.55 Å². The molecule has 0 saturated carbocycles. The molecule has 0 amide bonds. The van der Waals surface area contributed by atoms with Crippen molar-refractivity contribution in [2.45, 2.75) is 11.8 Å². The lowest BCUT2D eigenvalue weighted by molar-refractivity contribution is 0.388. The van der Waals surface area contributed by atoms with Gasteiger partial charge in [-0.2, -0.15) is 8.42 Å². The summed E-state index contributed by atoms with van der Waals surface area (Å²) in [5, 5.41) is 18.1. The Morgan fingerprint density at radius 2 is 1.77 bits per heavy atom. The second-order valence-electron chi connectivity index (χ2n) is 2.55. The Morgan fingerprint density at radius 1 is 1.23 bits per heavy atom. The highest BCUT2D eigenvalue weighted by molar-refractivity contribution is 7.86. The van der Waals surface area contributed by atoms with E-state index in [1.54, 1.807) is 0 Å². The standard InChI is InChI=1S/C7H8O5S/c1-4-2-3-5(8)6(9)7(4)13(10,11)12/h2-3,8-9H,1H3,(H,10,11,12). The SMILES string of the molecule is Cc1ccc(O)c(O)c1S(=O)(=O)O. The molecule has 1 rings (SSSR count). The maximum atomic E-state index is 10.7. The molecule has 0 aliphatic carbocycles. The lowest BCUT2D eigenvalue weighted by atomic mass is 10.2. The van der Waals surface area contributed by atoms with E-state index in [-0.39, 0.29) is 5.56 Å². The summed E-state index contributed by atoms with van der Waals surface area (Å²) in [6.07, 6.45) is 0. The van der Waals surface area contributed by atoms with E-state index in [9.17, 15) is 8.42 Å². The van der Waals surface area contributed by atoms with Gasteiger partial charge in [-0.15, -0.1) is 0 Å².